The van der Waals surface area contributed by atoms with Gasteiger partial charge in [-0.05, 0) is 12.1 Å². The molecule has 0 aliphatic rings. The molecule has 0 heterocycles. The summed E-state index contributed by atoms with van der Waals surface area (Å²) in [7, 11) is 0. The van der Waals surface area contributed by atoms with Crippen LogP contribution in [0, 0.1) is 5.82 Å². The lowest BCUT2D eigenvalue weighted by atomic mass is 10.2. The predicted octanol–water partition coefficient (Wildman–Crippen LogP) is 4.61. The van der Waals surface area contributed by atoms with Crippen molar-refractivity contribution >= 4 is 46.4 Å². The van der Waals surface area contributed by atoms with E-state index in [4.69, 9.17) is 46.4 Å². The van der Waals surface area contributed by atoms with Crippen LogP contribution in [0.25, 0.3) is 0 Å². The predicted molar refractivity (Wildman–Crippen MR) is 50.9 cm³/mol. The van der Waals surface area contributed by atoms with Gasteiger partial charge in [-0.1, -0.05) is 46.4 Å². The van der Waals surface area contributed by atoms with Crippen molar-refractivity contribution in [2.45, 2.75) is 4.84 Å². The summed E-state index contributed by atoms with van der Waals surface area (Å²) in [4.78, 5) is -0.842. The van der Waals surface area contributed by atoms with Gasteiger partial charge in [0.15, 0.2) is 0 Å². The SMILES string of the molecule is Fc1cc(Cl)c(C(Cl)Cl)c(Cl)c1. The molecule has 0 saturated carbocycles. The summed E-state index contributed by atoms with van der Waals surface area (Å²) in [6.07, 6.45) is 0. The third-order valence-electron chi connectivity index (χ3n) is 1.26. The van der Waals surface area contributed by atoms with Crippen LogP contribution in [0.2, 0.25) is 10.0 Å². The number of hydrogen-bond acceptors (Lipinski definition) is 0. The summed E-state index contributed by atoms with van der Waals surface area (Å²) < 4.78 is 12.6. The van der Waals surface area contributed by atoms with E-state index in [1.165, 1.54) is 0 Å². The molecule has 66 valence electrons. The van der Waals surface area contributed by atoms with E-state index in [2.05, 4.69) is 0 Å². The van der Waals surface area contributed by atoms with Gasteiger partial charge in [0.1, 0.15) is 10.7 Å². The Morgan fingerprint density at radius 2 is 1.50 bits per heavy atom. The minimum Gasteiger partial charge on any atom is -0.207 e. The average Bonchev–Trinajstić information content (AvgIpc) is 1.82. The Kier molecular flexibility index (Phi) is 3.47. The van der Waals surface area contributed by atoms with Gasteiger partial charge in [-0.3, -0.25) is 0 Å². The smallest absolute Gasteiger partial charge is 0.135 e. The fraction of sp³-hybridized carbons (Fsp3) is 0.143. The zero-order chi connectivity index (χ0) is 9.30. The van der Waals surface area contributed by atoms with Gasteiger partial charge in [0, 0.05) is 5.56 Å². The molecule has 0 aromatic heterocycles. The van der Waals surface area contributed by atoms with Crippen molar-refractivity contribution in [2.24, 2.45) is 0 Å². The van der Waals surface area contributed by atoms with Crippen molar-refractivity contribution in [1.82, 2.24) is 0 Å². The van der Waals surface area contributed by atoms with Gasteiger partial charge in [-0.2, -0.15) is 0 Å². The maximum atomic E-state index is 12.6. The molecule has 0 bridgehead atoms. The molecule has 1 aromatic rings. The van der Waals surface area contributed by atoms with E-state index in [9.17, 15) is 4.39 Å². The third kappa shape index (κ3) is 2.17. The number of rotatable bonds is 1. The molecule has 1 aromatic carbocycles. The molecule has 0 radical (unpaired) electrons. The summed E-state index contributed by atoms with van der Waals surface area (Å²) >= 11 is 22.4. The molecule has 0 N–H and O–H groups in total. The molecule has 0 fully saturated rings. The molecule has 1 rings (SSSR count). The van der Waals surface area contributed by atoms with Gasteiger partial charge in [0.2, 0.25) is 0 Å². The molecule has 0 nitrogen and oxygen atoms in total. The van der Waals surface area contributed by atoms with Crippen LogP contribution in [0.15, 0.2) is 12.1 Å². The molecule has 12 heavy (non-hydrogen) atoms. The van der Waals surface area contributed by atoms with E-state index in [1.54, 1.807) is 0 Å². The van der Waals surface area contributed by atoms with Gasteiger partial charge in [-0.15, -0.1) is 0 Å². The first-order valence-electron chi connectivity index (χ1n) is 2.95. The lowest BCUT2D eigenvalue weighted by Crippen LogP contribution is -1.87. The van der Waals surface area contributed by atoms with Crippen LogP contribution in [0.3, 0.4) is 0 Å². The normalized spacial score (nSPS) is 10.8. The highest BCUT2D eigenvalue weighted by Crippen LogP contribution is 2.36. The van der Waals surface area contributed by atoms with E-state index in [0.29, 0.717) is 5.56 Å². The minimum atomic E-state index is -0.842. The molecule has 0 atom stereocenters. The van der Waals surface area contributed by atoms with Gasteiger partial charge < -0.3 is 0 Å². The van der Waals surface area contributed by atoms with Crippen molar-refractivity contribution in [2.75, 3.05) is 0 Å². The average molecular weight is 248 g/mol. The monoisotopic (exact) mass is 246 g/mol. The standard InChI is InChI=1S/C7H3Cl4F/c8-4-1-3(12)2-5(9)6(4)7(10)11/h1-2,7H. The Morgan fingerprint density at radius 1 is 1.08 bits per heavy atom. The maximum Gasteiger partial charge on any atom is 0.135 e. The second kappa shape index (κ2) is 4.01. The molecule has 0 saturated heterocycles. The van der Waals surface area contributed by atoms with E-state index < -0.39 is 10.7 Å². The van der Waals surface area contributed by atoms with Crippen LogP contribution in [-0.2, 0) is 0 Å². The largest absolute Gasteiger partial charge is 0.207 e. The van der Waals surface area contributed by atoms with Crippen LogP contribution >= 0.6 is 46.4 Å². The van der Waals surface area contributed by atoms with E-state index in [0.717, 1.165) is 12.1 Å². The van der Waals surface area contributed by atoms with Gasteiger partial charge in [-0.25, -0.2) is 4.39 Å². The minimum absolute atomic E-state index is 0.134. The summed E-state index contributed by atoms with van der Waals surface area (Å²) in [5, 5.41) is 0.269. The van der Waals surface area contributed by atoms with Crippen molar-refractivity contribution in [3.8, 4) is 0 Å². The van der Waals surface area contributed by atoms with Crippen LogP contribution < -0.4 is 0 Å². The number of alkyl halides is 2. The molecule has 5 heteroatoms. The number of halogens is 5. The van der Waals surface area contributed by atoms with Crippen LogP contribution in [0.4, 0.5) is 4.39 Å². The Bertz CT molecular complexity index is 274. The zero-order valence-electron chi connectivity index (χ0n) is 5.62. The third-order valence-corrected chi connectivity index (χ3v) is 2.32. The highest BCUT2D eigenvalue weighted by molar-refractivity contribution is 6.47. The molecular formula is C7H3Cl4F. The van der Waals surface area contributed by atoms with Crippen LogP contribution in [0.1, 0.15) is 10.4 Å². The van der Waals surface area contributed by atoms with Crippen molar-refractivity contribution in [3.63, 3.8) is 0 Å². The molecule has 0 spiro atoms. The fourth-order valence-corrected chi connectivity index (χ4v) is 2.13. The molecule has 0 aliphatic heterocycles. The highest BCUT2D eigenvalue weighted by Gasteiger charge is 2.14. The second-order valence-electron chi connectivity index (χ2n) is 2.08. The fourth-order valence-electron chi connectivity index (χ4n) is 0.762. The zero-order valence-corrected chi connectivity index (χ0v) is 8.65. The van der Waals surface area contributed by atoms with E-state index in [-0.39, 0.29) is 10.0 Å². The van der Waals surface area contributed by atoms with Gasteiger partial charge in [0.05, 0.1) is 10.0 Å². The topological polar surface area (TPSA) is 0 Å². The first-order valence-corrected chi connectivity index (χ1v) is 4.58. The number of hydrogen-bond donors (Lipinski definition) is 0. The Hall–Kier alpha value is 0.310. The van der Waals surface area contributed by atoms with E-state index in [1.807, 2.05) is 0 Å². The van der Waals surface area contributed by atoms with Gasteiger partial charge in [0.25, 0.3) is 0 Å². The van der Waals surface area contributed by atoms with Crippen molar-refractivity contribution in [1.29, 1.82) is 0 Å². The van der Waals surface area contributed by atoms with E-state index >= 15 is 0 Å². The lowest BCUT2D eigenvalue weighted by molar-refractivity contribution is 0.627. The quantitative estimate of drug-likeness (QED) is 0.636. The Labute approximate surface area is 89.2 Å². The summed E-state index contributed by atoms with van der Waals surface area (Å²) in [6.45, 7) is 0. The first kappa shape index (κ1) is 10.4. The summed E-state index contributed by atoms with van der Waals surface area (Å²) in [5.74, 6) is -0.511. The van der Waals surface area contributed by atoms with Crippen molar-refractivity contribution < 1.29 is 4.39 Å². The van der Waals surface area contributed by atoms with Crippen molar-refractivity contribution in [3.05, 3.63) is 33.6 Å². The molecule has 0 amide bonds. The molecule has 0 unspecified atom stereocenters. The molecular weight excluding hydrogens is 245 g/mol. The van der Waals surface area contributed by atoms with Crippen LogP contribution in [0.5, 0.6) is 0 Å². The summed E-state index contributed by atoms with van der Waals surface area (Å²) in [5.41, 5.74) is 0.336. The second-order valence-corrected chi connectivity index (χ2v) is 3.99. The Morgan fingerprint density at radius 3 is 1.83 bits per heavy atom. The maximum absolute atomic E-state index is 12.6. The number of benzene rings is 1. The Balaban J connectivity index is 3.28. The van der Waals surface area contributed by atoms with Crippen LogP contribution in [-0.4, -0.2) is 0 Å². The first-order chi connectivity index (χ1) is 5.52. The molecule has 0 aliphatic carbocycles. The highest BCUT2D eigenvalue weighted by atomic mass is 35.5. The lowest BCUT2D eigenvalue weighted by Gasteiger charge is -2.06. The summed E-state index contributed by atoms with van der Waals surface area (Å²) in [6, 6.07) is 2.22. The van der Waals surface area contributed by atoms with Gasteiger partial charge >= 0.3 is 0 Å².